The number of carboxylic acids is 2. The van der Waals surface area contributed by atoms with Gasteiger partial charge in [0.2, 0.25) is 0 Å². The molecule has 0 saturated heterocycles. The summed E-state index contributed by atoms with van der Waals surface area (Å²) in [7, 11) is 0. The second kappa shape index (κ2) is 8.19. The molecule has 0 saturated carbocycles. The fourth-order valence-corrected chi connectivity index (χ4v) is 0.383. The van der Waals surface area contributed by atoms with Crippen molar-refractivity contribution in [3.05, 3.63) is 0 Å². The van der Waals surface area contributed by atoms with Gasteiger partial charge in [0.15, 0.2) is 0 Å². The van der Waals surface area contributed by atoms with Crippen molar-refractivity contribution in [1.82, 2.24) is 10.9 Å². The van der Waals surface area contributed by atoms with E-state index in [0.717, 1.165) is 0 Å². The van der Waals surface area contributed by atoms with E-state index in [0.29, 0.717) is 0 Å². The van der Waals surface area contributed by atoms with Crippen molar-refractivity contribution < 1.29 is 50.9 Å². The lowest BCUT2D eigenvalue weighted by atomic mass is 10.4. The number of carbonyl (C=O) groups excluding carboxylic acids is 1. The Morgan fingerprint density at radius 2 is 1.30 bits per heavy atom. The third-order valence-corrected chi connectivity index (χ3v) is 1.17. The van der Waals surface area contributed by atoms with Gasteiger partial charge in [0.1, 0.15) is 0 Å². The molecule has 0 aliphatic rings. The zero-order valence-electron chi connectivity index (χ0n) is 9.30. The molecule has 4 N–H and O–H groups in total. The Morgan fingerprint density at radius 1 is 0.900 bits per heavy atom. The molecule has 0 atom stereocenters. The Balaban J connectivity index is 0. The quantitative estimate of drug-likeness (QED) is 0.336. The first kappa shape index (κ1) is 20.3. The van der Waals surface area contributed by atoms with Crippen molar-refractivity contribution in [2.75, 3.05) is 6.54 Å². The number of amides is 1. The minimum atomic E-state index is -5.08. The molecule has 0 bridgehead atoms. The number of aliphatic carboxylic acids is 2. The van der Waals surface area contributed by atoms with Crippen molar-refractivity contribution in [1.29, 1.82) is 0 Å². The Kier molecular flexibility index (Phi) is 8.30. The molecule has 0 unspecified atom stereocenters. The molecule has 0 heterocycles. The van der Waals surface area contributed by atoms with Crippen LogP contribution in [0.15, 0.2) is 0 Å². The van der Waals surface area contributed by atoms with Crippen LogP contribution >= 0.6 is 0 Å². The minimum Gasteiger partial charge on any atom is -0.481 e. The van der Waals surface area contributed by atoms with Crippen LogP contribution in [0.1, 0.15) is 6.42 Å². The summed E-state index contributed by atoms with van der Waals surface area (Å²) in [6.45, 7) is -0.267. The van der Waals surface area contributed by atoms with Gasteiger partial charge in [0.05, 0.1) is 6.42 Å². The van der Waals surface area contributed by atoms with Gasteiger partial charge in [-0.05, 0) is 0 Å². The highest BCUT2D eigenvalue weighted by Gasteiger charge is 2.38. The maximum atomic E-state index is 11.5. The van der Waals surface area contributed by atoms with Gasteiger partial charge in [0, 0.05) is 6.54 Å². The van der Waals surface area contributed by atoms with E-state index in [1.54, 1.807) is 0 Å². The van der Waals surface area contributed by atoms with Crippen LogP contribution in [0, 0.1) is 0 Å². The molecule has 118 valence electrons. The molecule has 0 aromatic carbocycles. The Bertz CT molecular complexity index is 353. The first-order valence-electron chi connectivity index (χ1n) is 4.40. The standard InChI is InChI=1S/C5H7F3N2O3.C2HF3O2/c6-5(7,8)4(13)10-9-2-1-3(11)12;3-2(4,5)1(6)7/h9H,1-2H2,(H,10,13)(H,11,12);(H,6,7). The zero-order chi connectivity index (χ0) is 16.6. The van der Waals surface area contributed by atoms with Crippen LogP contribution in [-0.4, -0.2) is 47.0 Å². The van der Waals surface area contributed by atoms with Crippen molar-refractivity contribution in [2.24, 2.45) is 0 Å². The Morgan fingerprint density at radius 3 is 1.55 bits per heavy atom. The maximum absolute atomic E-state index is 11.5. The molecule has 1 amide bonds. The molecular formula is C7H8F6N2O5. The number of carboxylic acid groups (broad SMARTS) is 2. The number of rotatable bonds is 4. The highest BCUT2D eigenvalue weighted by molar-refractivity contribution is 5.81. The summed E-state index contributed by atoms with van der Waals surface area (Å²) in [6.07, 6.45) is -10.4. The van der Waals surface area contributed by atoms with Gasteiger partial charge in [-0.3, -0.25) is 15.0 Å². The molecule has 0 rings (SSSR count). The second-order valence-corrected chi connectivity index (χ2v) is 2.83. The monoisotopic (exact) mass is 314 g/mol. The molecule has 0 aliphatic carbocycles. The number of carbonyl (C=O) groups is 3. The number of hydrazine groups is 1. The molecule has 0 aromatic heterocycles. The third-order valence-electron chi connectivity index (χ3n) is 1.17. The molecule has 13 heteroatoms. The molecule has 20 heavy (non-hydrogen) atoms. The summed E-state index contributed by atoms with van der Waals surface area (Å²) in [5.41, 5.74) is 3.12. The van der Waals surface area contributed by atoms with E-state index in [1.165, 1.54) is 5.43 Å². The van der Waals surface area contributed by atoms with Crippen LogP contribution in [0.5, 0.6) is 0 Å². The van der Waals surface area contributed by atoms with Gasteiger partial charge in [-0.2, -0.15) is 26.3 Å². The van der Waals surface area contributed by atoms with Crippen molar-refractivity contribution in [2.45, 2.75) is 18.8 Å². The lowest BCUT2D eigenvalue weighted by Gasteiger charge is -2.07. The second-order valence-electron chi connectivity index (χ2n) is 2.83. The summed E-state index contributed by atoms with van der Waals surface area (Å²) in [5.74, 6) is -6.08. The predicted molar refractivity (Wildman–Crippen MR) is 48.1 cm³/mol. The lowest BCUT2D eigenvalue weighted by Crippen LogP contribution is -2.45. The first-order valence-corrected chi connectivity index (χ1v) is 4.40. The topological polar surface area (TPSA) is 116 Å². The molecule has 0 aliphatic heterocycles. The predicted octanol–water partition coefficient (Wildman–Crippen LogP) is 0.277. The average molecular weight is 314 g/mol. The Labute approximate surface area is 106 Å². The van der Waals surface area contributed by atoms with Crippen molar-refractivity contribution >= 4 is 17.8 Å². The highest BCUT2D eigenvalue weighted by atomic mass is 19.4. The highest BCUT2D eigenvalue weighted by Crippen LogP contribution is 2.13. The fraction of sp³-hybridized carbons (Fsp3) is 0.571. The van der Waals surface area contributed by atoms with Crippen LogP contribution in [0.4, 0.5) is 26.3 Å². The van der Waals surface area contributed by atoms with Crippen LogP contribution in [0.2, 0.25) is 0 Å². The van der Waals surface area contributed by atoms with E-state index in [4.69, 9.17) is 15.0 Å². The van der Waals surface area contributed by atoms with E-state index < -0.39 is 30.2 Å². The summed E-state index contributed by atoms with van der Waals surface area (Å²) in [5, 5.41) is 15.2. The zero-order valence-corrected chi connectivity index (χ0v) is 9.30. The van der Waals surface area contributed by atoms with E-state index >= 15 is 0 Å². The van der Waals surface area contributed by atoms with Crippen molar-refractivity contribution in [3.63, 3.8) is 0 Å². The van der Waals surface area contributed by atoms with Gasteiger partial charge >= 0.3 is 30.2 Å². The smallest absolute Gasteiger partial charge is 0.481 e. The maximum Gasteiger partial charge on any atom is 0.490 e. The first-order chi connectivity index (χ1) is 8.78. The molecule has 7 nitrogen and oxygen atoms in total. The largest absolute Gasteiger partial charge is 0.490 e. The number of alkyl halides is 6. The van der Waals surface area contributed by atoms with E-state index in [1.807, 2.05) is 5.43 Å². The van der Waals surface area contributed by atoms with Gasteiger partial charge in [0.25, 0.3) is 0 Å². The molecule has 0 aromatic rings. The number of nitrogens with one attached hydrogen (secondary N) is 2. The molecular weight excluding hydrogens is 306 g/mol. The lowest BCUT2D eigenvalue weighted by molar-refractivity contribution is -0.192. The summed E-state index contributed by atoms with van der Waals surface area (Å²) in [4.78, 5) is 28.8. The van der Waals surface area contributed by atoms with E-state index in [-0.39, 0.29) is 13.0 Å². The number of hydrogen-bond donors (Lipinski definition) is 4. The SMILES string of the molecule is O=C(O)C(F)(F)F.O=C(O)CCNNC(=O)C(F)(F)F. The Hall–Kier alpha value is -2.05. The van der Waals surface area contributed by atoms with Crippen LogP contribution < -0.4 is 10.9 Å². The summed E-state index contributed by atoms with van der Waals surface area (Å²) < 4.78 is 66.1. The number of hydrogen-bond acceptors (Lipinski definition) is 4. The average Bonchev–Trinajstić information content (AvgIpc) is 2.21. The number of halogens is 6. The van der Waals surface area contributed by atoms with E-state index in [2.05, 4.69) is 0 Å². The van der Waals surface area contributed by atoms with Gasteiger partial charge in [-0.15, -0.1) is 0 Å². The molecule has 0 spiro atoms. The van der Waals surface area contributed by atoms with Gasteiger partial charge in [-0.25, -0.2) is 10.2 Å². The molecule has 0 fully saturated rings. The van der Waals surface area contributed by atoms with Gasteiger partial charge < -0.3 is 10.2 Å². The summed E-state index contributed by atoms with van der Waals surface area (Å²) >= 11 is 0. The molecule has 0 radical (unpaired) electrons. The van der Waals surface area contributed by atoms with Gasteiger partial charge in [-0.1, -0.05) is 0 Å². The normalized spacial score (nSPS) is 11.1. The summed E-state index contributed by atoms with van der Waals surface area (Å²) in [6, 6.07) is 0. The minimum absolute atomic E-state index is 0.267. The third kappa shape index (κ3) is 12.4. The fourth-order valence-electron chi connectivity index (χ4n) is 0.383. The van der Waals surface area contributed by atoms with Crippen LogP contribution in [-0.2, 0) is 14.4 Å². The van der Waals surface area contributed by atoms with Crippen LogP contribution in [0.25, 0.3) is 0 Å². The van der Waals surface area contributed by atoms with Crippen LogP contribution in [0.3, 0.4) is 0 Å². The van der Waals surface area contributed by atoms with E-state index in [9.17, 15) is 35.9 Å². The van der Waals surface area contributed by atoms with Crippen molar-refractivity contribution in [3.8, 4) is 0 Å².